The average Bonchev–Trinajstić information content (AvgIpc) is 2.95. The van der Waals surface area contributed by atoms with E-state index in [9.17, 15) is 14.4 Å². The average molecular weight is 438 g/mol. The molecule has 0 fully saturated rings. The molecule has 0 aliphatic carbocycles. The number of carbonyl (C=O) groups excluding carboxylic acids is 3. The molecule has 0 bridgehead atoms. The highest BCUT2D eigenvalue weighted by atomic mass is 35.5. The second-order valence-corrected chi connectivity index (χ2v) is 8.11. The summed E-state index contributed by atoms with van der Waals surface area (Å²) in [7, 11) is 0. The number of para-hydroxylation sites is 1. The van der Waals surface area contributed by atoms with Crippen molar-refractivity contribution in [2.75, 3.05) is 4.90 Å². The number of nitrogens with zero attached hydrogens (tertiary/aromatic N) is 1. The summed E-state index contributed by atoms with van der Waals surface area (Å²) in [6.45, 7) is 4.01. The van der Waals surface area contributed by atoms with Crippen molar-refractivity contribution in [3.63, 3.8) is 0 Å². The zero-order chi connectivity index (χ0) is 21.6. The van der Waals surface area contributed by atoms with Crippen molar-refractivity contribution in [3.05, 3.63) is 98.0 Å². The summed E-state index contributed by atoms with van der Waals surface area (Å²) in [5, 5.41) is 0.395. The zero-order valence-corrected chi connectivity index (χ0v) is 17.8. The summed E-state index contributed by atoms with van der Waals surface area (Å²) in [6.07, 6.45) is 0.210. The van der Waals surface area contributed by atoms with Crippen LogP contribution in [0, 0.1) is 13.8 Å². The number of aryl methyl sites for hydroxylation is 2. The van der Waals surface area contributed by atoms with Crippen LogP contribution in [0.25, 0.3) is 0 Å². The third kappa shape index (κ3) is 3.42. The van der Waals surface area contributed by atoms with Crippen LogP contribution in [0.2, 0.25) is 10.0 Å². The van der Waals surface area contributed by atoms with Crippen molar-refractivity contribution >= 4 is 46.5 Å². The minimum Gasteiger partial charge on any atom is -0.294 e. The minimum absolute atomic E-state index is 0.129. The zero-order valence-electron chi connectivity index (χ0n) is 16.3. The van der Waals surface area contributed by atoms with Crippen LogP contribution >= 0.6 is 23.2 Å². The molecule has 0 spiro atoms. The van der Waals surface area contributed by atoms with Crippen LogP contribution in [0.1, 0.15) is 47.8 Å². The van der Waals surface area contributed by atoms with Crippen molar-refractivity contribution in [1.82, 2.24) is 0 Å². The Morgan fingerprint density at radius 3 is 2.17 bits per heavy atom. The number of rotatable bonds is 4. The van der Waals surface area contributed by atoms with E-state index < -0.39 is 11.8 Å². The van der Waals surface area contributed by atoms with E-state index in [2.05, 4.69) is 0 Å². The van der Waals surface area contributed by atoms with Gasteiger partial charge in [0, 0.05) is 12.0 Å². The van der Waals surface area contributed by atoms with Gasteiger partial charge in [-0.1, -0.05) is 53.5 Å². The van der Waals surface area contributed by atoms with Gasteiger partial charge >= 0.3 is 0 Å². The normalized spacial score (nSPS) is 13.0. The molecule has 4 nitrogen and oxygen atoms in total. The quantitative estimate of drug-likeness (QED) is 0.380. The third-order valence-corrected chi connectivity index (χ3v) is 5.92. The number of hydrogen-bond donors (Lipinski definition) is 0. The maximum Gasteiger partial charge on any atom is 0.266 e. The molecule has 1 heterocycles. The predicted octanol–water partition coefficient (Wildman–Crippen LogP) is 5.84. The smallest absolute Gasteiger partial charge is 0.266 e. The van der Waals surface area contributed by atoms with Gasteiger partial charge in [0.2, 0.25) is 0 Å². The van der Waals surface area contributed by atoms with Gasteiger partial charge in [-0.3, -0.25) is 14.4 Å². The Labute approximate surface area is 184 Å². The van der Waals surface area contributed by atoms with Crippen LogP contribution in [-0.2, 0) is 6.42 Å². The molecule has 0 unspecified atom stereocenters. The molecule has 3 aromatic carbocycles. The van der Waals surface area contributed by atoms with E-state index in [1.807, 2.05) is 32.0 Å². The minimum atomic E-state index is -0.550. The van der Waals surface area contributed by atoms with Gasteiger partial charge in [-0.2, -0.15) is 0 Å². The van der Waals surface area contributed by atoms with E-state index >= 15 is 0 Å². The number of fused-ring (bicyclic) bond motifs is 1. The molecule has 6 heteroatoms. The summed E-state index contributed by atoms with van der Waals surface area (Å²) in [4.78, 5) is 39.6. The lowest BCUT2D eigenvalue weighted by Gasteiger charge is -2.16. The van der Waals surface area contributed by atoms with Crippen LogP contribution in [0.3, 0.4) is 0 Å². The molecule has 1 aliphatic heterocycles. The molecule has 3 aromatic rings. The van der Waals surface area contributed by atoms with E-state index in [1.54, 1.807) is 24.3 Å². The van der Waals surface area contributed by atoms with Crippen molar-refractivity contribution in [1.29, 1.82) is 0 Å². The number of benzene rings is 3. The Morgan fingerprint density at radius 2 is 1.50 bits per heavy atom. The molecule has 0 atom stereocenters. The SMILES string of the molecule is Cc1ccc(CC(=O)c2ccc3c(c2)C(=O)N(c2c(Cl)cccc2Cl)C3=O)cc1C. The first-order valence-corrected chi connectivity index (χ1v) is 10.1. The lowest BCUT2D eigenvalue weighted by molar-refractivity contribution is 0.0925. The Kier molecular flexibility index (Phi) is 5.22. The second kappa shape index (κ2) is 7.71. The molecule has 2 amide bonds. The number of hydrogen-bond acceptors (Lipinski definition) is 3. The fourth-order valence-electron chi connectivity index (χ4n) is 3.52. The van der Waals surface area contributed by atoms with Gasteiger partial charge in [-0.25, -0.2) is 4.90 Å². The Bertz CT molecular complexity index is 1210. The summed E-state index contributed by atoms with van der Waals surface area (Å²) >= 11 is 12.4. The van der Waals surface area contributed by atoms with E-state index in [4.69, 9.17) is 23.2 Å². The number of halogens is 2. The van der Waals surface area contributed by atoms with E-state index in [-0.39, 0.29) is 39.1 Å². The molecule has 1 aliphatic rings. The molecule has 4 rings (SSSR count). The molecule has 0 saturated carbocycles. The lowest BCUT2D eigenvalue weighted by atomic mass is 9.97. The maximum atomic E-state index is 13.0. The third-order valence-electron chi connectivity index (χ3n) is 5.31. The standard InChI is InChI=1S/C24H17Cl2NO3/c1-13-6-7-15(10-14(13)2)11-21(28)16-8-9-17-18(12-16)24(30)27(23(17)29)22-19(25)4-3-5-20(22)26/h3-10,12H,11H2,1-2H3. The van der Waals surface area contributed by atoms with Crippen molar-refractivity contribution in [2.24, 2.45) is 0 Å². The van der Waals surface area contributed by atoms with E-state index in [0.29, 0.717) is 5.56 Å². The fourth-order valence-corrected chi connectivity index (χ4v) is 4.09. The van der Waals surface area contributed by atoms with Gasteiger partial charge in [-0.15, -0.1) is 0 Å². The molecule has 0 radical (unpaired) electrons. The largest absolute Gasteiger partial charge is 0.294 e. The van der Waals surface area contributed by atoms with Gasteiger partial charge in [0.15, 0.2) is 5.78 Å². The monoisotopic (exact) mass is 437 g/mol. The fraction of sp³-hybridized carbons (Fsp3) is 0.125. The highest BCUT2D eigenvalue weighted by molar-refractivity contribution is 6.44. The number of imide groups is 1. The second-order valence-electron chi connectivity index (χ2n) is 7.29. The van der Waals surface area contributed by atoms with E-state index in [1.165, 1.54) is 12.1 Å². The number of carbonyl (C=O) groups is 3. The summed E-state index contributed by atoms with van der Waals surface area (Å²) < 4.78 is 0. The summed E-state index contributed by atoms with van der Waals surface area (Å²) in [5.74, 6) is -1.19. The van der Waals surface area contributed by atoms with Gasteiger partial charge in [0.1, 0.15) is 0 Å². The summed E-state index contributed by atoms with van der Waals surface area (Å²) in [6, 6.07) is 15.2. The Hall–Kier alpha value is -2.95. The highest BCUT2D eigenvalue weighted by Gasteiger charge is 2.39. The van der Waals surface area contributed by atoms with Crippen LogP contribution in [-0.4, -0.2) is 17.6 Å². The molecule has 0 saturated heterocycles. The molecule has 0 N–H and O–H groups in total. The van der Waals surface area contributed by atoms with Crippen LogP contribution in [0.15, 0.2) is 54.6 Å². The van der Waals surface area contributed by atoms with Crippen LogP contribution < -0.4 is 4.90 Å². The Morgan fingerprint density at radius 1 is 0.833 bits per heavy atom. The van der Waals surface area contributed by atoms with Crippen LogP contribution in [0.4, 0.5) is 5.69 Å². The first-order valence-electron chi connectivity index (χ1n) is 9.34. The number of anilines is 1. The molecular weight excluding hydrogens is 421 g/mol. The summed E-state index contributed by atoms with van der Waals surface area (Å²) in [5.41, 5.74) is 4.08. The number of ketones is 1. The molecule has 30 heavy (non-hydrogen) atoms. The van der Waals surface area contributed by atoms with Gasteiger partial charge in [0.25, 0.3) is 11.8 Å². The lowest BCUT2D eigenvalue weighted by Crippen LogP contribution is -2.29. The predicted molar refractivity (Wildman–Crippen MR) is 118 cm³/mol. The van der Waals surface area contributed by atoms with Crippen molar-refractivity contribution < 1.29 is 14.4 Å². The van der Waals surface area contributed by atoms with Gasteiger partial charge < -0.3 is 0 Å². The highest BCUT2D eigenvalue weighted by Crippen LogP contribution is 2.38. The number of amides is 2. The van der Waals surface area contributed by atoms with Crippen molar-refractivity contribution in [2.45, 2.75) is 20.3 Å². The Balaban J connectivity index is 1.66. The van der Waals surface area contributed by atoms with Crippen molar-refractivity contribution in [3.8, 4) is 0 Å². The first-order chi connectivity index (χ1) is 14.3. The molecule has 0 aromatic heterocycles. The first kappa shape index (κ1) is 20.3. The van der Waals surface area contributed by atoms with Gasteiger partial charge in [-0.05, 0) is 54.8 Å². The maximum absolute atomic E-state index is 13.0. The van der Waals surface area contributed by atoms with Crippen LogP contribution in [0.5, 0.6) is 0 Å². The van der Waals surface area contributed by atoms with Gasteiger partial charge in [0.05, 0.1) is 26.9 Å². The molecular formula is C24H17Cl2NO3. The topological polar surface area (TPSA) is 54.5 Å². The molecule has 150 valence electrons. The number of Topliss-reactive ketones (excluding diaryl/α,β-unsaturated/α-hetero) is 1. The van der Waals surface area contributed by atoms with E-state index in [0.717, 1.165) is 21.6 Å².